The van der Waals surface area contributed by atoms with Gasteiger partial charge in [-0.1, -0.05) is 20.8 Å². The van der Waals surface area contributed by atoms with Crippen molar-refractivity contribution in [2.24, 2.45) is 11.1 Å². The van der Waals surface area contributed by atoms with Crippen LogP contribution in [-0.4, -0.2) is 42.0 Å². The van der Waals surface area contributed by atoms with Crippen molar-refractivity contribution < 1.29 is 14.0 Å². The molecule has 3 amide bonds. The minimum atomic E-state index is -0.529. The summed E-state index contributed by atoms with van der Waals surface area (Å²) in [6.07, 6.45) is 1.36. The summed E-state index contributed by atoms with van der Waals surface area (Å²) in [5.41, 5.74) is 6.29. The molecule has 0 unspecified atom stereocenters. The lowest BCUT2D eigenvalue weighted by Crippen LogP contribution is -2.54. The van der Waals surface area contributed by atoms with Crippen molar-refractivity contribution >= 4 is 17.6 Å². The van der Waals surface area contributed by atoms with Crippen LogP contribution in [0.1, 0.15) is 33.6 Å². The smallest absolute Gasteiger partial charge is 0.319 e. The number of likely N-dealkylation sites (tertiary alicyclic amines) is 1. The molecule has 1 aromatic rings. The normalized spacial score (nSPS) is 17.1. The minimum Gasteiger partial charge on any atom is -0.341 e. The summed E-state index contributed by atoms with van der Waals surface area (Å²) in [5, 5.41) is 5.56. The van der Waals surface area contributed by atoms with Gasteiger partial charge in [-0.2, -0.15) is 0 Å². The van der Waals surface area contributed by atoms with Crippen LogP contribution in [0.15, 0.2) is 24.3 Å². The highest BCUT2D eigenvalue weighted by Crippen LogP contribution is 2.21. The van der Waals surface area contributed by atoms with E-state index in [-0.39, 0.29) is 29.2 Å². The fourth-order valence-corrected chi connectivity index (χ4v) is 2.70. The molecule has 0 aromatic heterocycles. The molecule has 0 saturated carbocycles. The van der Waals surface area contributed by atoms with Gasteiger partial charge in [-0.05, 0) is 42.5 Å². The molecule has 1 aliphatic heterocycles. The highest BCUT2D eigenvalue weighted by molar-refractivity contribution is 5.89. The van der Waals surface area contributed by atoms with Crippen LogP contribution in [0.5, 0.6) is 0 Å². The zero-order valence-corrected chi connectivity index (χ0v) is 15.0. The van der Waals surface area contributed by atoms with Gasteiger partial charge in [0.1, 0.15) is 5.82 Å². The maximum atomic E-state index is 12.9. The molecule has 7 heteroatoms. The summed E-state index contributed by atoms with van der Waals surface area (Å²) in [6.45, 7) is 6.99. The topological polar surface area (TPSA) is 87.5 Å². The van der Waals surface area contributed by atoms with Gasteiger partial charge in [0.15, 0.2) is 0 Å². The molecule has 1 aliphatic rings. The van der Waals surface area contributed by atoms with E-state index < -0.39 is 6.04 Å². The van der Waals surface area contributed by atoms with E-state index in [0.717, 1.165) is 0 Å². The van der Waals surface area contributed by atoms with Crippen molar-refractivity contribution in [3.63, 3.8) is 0 Å². The monoisotopic (exact) mass is 350 g/mol. The fourth-order valence-electron chi connectivity index (χ4n) is 2.70. The van der Waals surface area contributed by atoms with Crippen LogP contribution in [0.4, 0.5) is 14.9 Å². The molecule has 0 aliphatic carbocycles. The first-order chi connectivity index (χ1) is 11.7. The molecule has 4 N–H and O–H groups in total. The zero-order valence-electron chi connectivity index (χ0n) is 15.0. The van der Waals surface area contributed by atoms with E-state index in [1.807, 2.05) is 20.8 Å². The Morgan fingerprint density at radius 3 is 2.28 bits per heavy atom. The zero-order chi connectivity index (χ0) is 18.6. The number of piperidine rings is 1. The first-order valence-corrected chi connectivity index (χ1v) is 8.54. The maximum Gasteiger partial charge on any atom is 0.319 e. The lowest BCUT2D eigenvalue weighted by atomic mass is 9.86. The predicted molar refractivity (Wildman–Crippen MR) is 95.6 cm³/mol. The van der Waals surface area contributed by atoms with E-state index in [9.17, 15) is 14.0 Å². The van der Waals surface area contributed by atoms with E-state index in [0.29, 0.717) is 31.6 Å². The Morgan fingerprint density at radius 2 is 1.76 bits per heavy atom. The number of anilines is 1. The molecule has 25 heavy (non-hydrogen) atoms. The van der Waals surface area contributed by atoms with E-state index in [1.54, 1.807) is 4.90 Å². The average Bonchev–Trinajstić information content (AvgIpc) is 2.55. The van der Waals surface area contributed by atoms with Crippen LogP contribution in [0.25, 0.3) is 0 Å². The Kier molecular flexibility index (Phi) is 6.00. The quantitative estimate of drug-likeness (QED) is 0.782. The second-order valence-electron chi connectivity index (χ2n) is 7.55. The van der Waals surface area contributed by atoms with Crippen LogP contribution in [0.3, 0.4) is 0 Å². The summed E-state index contributed by atoms with van der Waals surface area (Å²) in [7, 11) is 0. The summed E-state index contributed by atoms with van der Waals surface area (Å²) in [4.78, 5) is 26.2. The maximum absolute atomic E-state index is 12.9. The number of nitrogens with zero attached hydrogens (tertiary/aromatic N) is 1. The third kappa shape index (κ3) is 5.42. The largest absolute Gasteiger partial charge is 0.341 e. The highest BCUT2D eigenvalue weighted by Gasteiger charge is 2.33. The average molecular weight is 350 g/mol. The van der Waals surface area contributed by atoms with Crippen molar-refractivity contribution in [1.82, 2.24) is 10.2 Å². The van der Waals surface area contributed by atoms with Crippen LogP contribution < -0.4 is 16.4 Å². The molecule has 2 rings (SSSR count). The van der Waals surface area contributed by atoms with Gasteiger partial charge in [0.25, 0.3) is 0 Å². The molecule has 1 aromatic carbocycles. The van der Waals surface area contributed by atoms with E-state index in [1.165, 1.54) is 24.3 Å². The number of amides is 3. The number of rotatable bonds is 3. The lowest BCUT2D eigenvalue weighted by Gasteiger charge is -2.36. The number of carbonyl (C=O) groups excluding carboxylic acids is 2. The van der Waals surface area contributed by atoms with Crippen molar-refractivity contribution in [3.05, 3.63) is 30.1 Å². The molecular formula is C18H27FN4O2. The first kappa shape index (κ1) is 19.2. The van der Waals surface area contributed by atoms with Gasteiger partial charge >= 0.3 is 6.03 Å². The van der Waals surface area contributed by atoms with Crippen LogP contribution in [-0.2, 0) is 4.79 Å². The Labute approximate surface area is 147 Å². The molecule has 6 nitrogen and oxygen atoms in total. The van der Waals surface area contributed by atoms with Gasteiger partial charge in [0, 0.05) is 24.8 Å². The molecule has 138 valence electrons. The fraction of sp³-hybridized carbons (Fsp3) is 0.556. The third-order valence-corrected chi connectivity index (χ3v) is 4.44. The summed E-state index contributed by atoms with van der Waals surface area (Å²) < 4.78 is 12.9. The van der Waals surface area contributed by atoms with E-state index >= 15 is 0 Å². The van der Waals surface area contributed by atoms with Gasteiger partial charge in [0.05, 0.1) is 6.04 Å². The molecule has 1 atom stereocenters. The SMILES string of the molecule is CC(C)(C)[C@H](N)C(=O)N1CCC(NC(=O)Nc2ccc(F)cc2)CC1. The number of urea groups is 1. The van der Waals surface area contributed by atoms with Crippen molar-refractivity contribution in [3.8, 4) is 0 Å². The van der Waals surface area contributed by atoms with Gasteiger partial charge < -0.3 is 21.3 Å². The number of halogens is 1. The molecule has 0 spiro atoms. The van der Waals surface area contributed by atoms with Gasteiger partial charge in [-0.15, -0.1) is 0 Å². The van der Waals surface area contributed by atoms with Gasteiger partial charge in [-0.3, -0.25) is 4.79 Å². The number of benzene rings is 1. The number of carbonyl (C=O) groups is 2. The minimum absolute atomic E-state index is 0.00430. The first-order valence-electron chi connectivity index (χ1n) is 8.54. The van der Waals surface area contributed by atoms with E-state index in [2.05, 4.69) is 10.6 Å². The molecule has 0 bridgehead atoms. The highest BCUT2D eigenvalue weighted by atomic mass is 19.1. The molecular weight excluding hydrogens is 323 g/mol. The second kappa shape index (κ2) is 7.82. The molecule has 1 fully saturated rings. The van der Waals surface area contributed by atoms with Crippen molar-refractivity contribution in [2.45, 2.75) is 45.7 Å². The molecule has 0 radical (unpaired) electrons. The molecule has 1 saturated heterocycles. The number of hydrogen-bond acceptors (Lipinski definition) is 3. The van der Waals surface area contributed by atoms with E-state index in [4.69, 9.17) is 5.73 Å². The second-order valence-corrected chi connectivity index (χ2v) is 7.55. The number of nitrogens with two attached hydrogens (primary N) is 1. The number of nitrogens with one attached hydrogen (secondary N) is 2. The Balaban J connectivity index is 1.79. The number of hydrogen-bond donors (Lipinski definition) is 3. The van der Waals surface area contributed by atoms with Crippen molar-refractivity contribution in [2.75, 3.05) is 18.4 Å². The third-order valence-electron chi connectivity index (χ3n) is 4.44. The Bertz CT molecular complexity index is 604. The van der Waals surface area contributed by atoms with Gasteiger partial charge in [-0.25, -0.2) is 9.18 Å². The molecule has 1 heterocycles. The predicted octanol–water partition coefficient (Wildman–Crippen LogP) is 2.31. The van der Waals surface area contributed by atoms with Crippen LogP contribution in [0.2, 0.25) is 0 Å². The van der Waals surface area contributed by atoms with Crippen LogP contribution >= 0.6 is 0 Å². The Hall–Kier alpha value is -2.15. The standard InChI is InChI=1S/C18H27FN4O2/c1-18(2,3)15(20)16(24)23-10-8-14(9-11-23)22-17(25)21-13-6-4-12(19)5-7-13/h4-7,14-15H,8-11,20H2,1-3H3,(H2,21,22,25)/t15-/m1/s1. The van der Waals surface area contributed by atoms with Crippen LogP contribution in [0, 0.1) is 11.2 Å². The summed E-state index contributed by atoms with van der Waals surface area (Å²) in [5.74, 6) is -0.391. The van der Waals surface area contributed by atoms with Gasteiger partial charge in [0.2, 0.25) is 5.91 Å². The van der Waals surface area contributed by atoms with Crippen molar-refractivity contribution in [1.29, 1.82) is 0 Å². The summed E-state index contributed by atoms with van der Waals surface area (Å²) in [6, 6.07) is 4.72. The lowest BCUT2D eigenvalue weighted by molar-refractivity contribution is -0.136. The summed E-state index contributed by atoms with van der Waals surface area (Å²) >= 11 is 0. The Morgan fingerprint density at radius 1 is 1.20 bits per heavy atom.